The Hall–Kier alpha value is -2.75. The molecule has 0 radical (unpaired) electrons. The van der Waals surface area contributed by atoms with Crippen LogP contribution in [-0.4, -0.2) is 34.4 Å². The van der Waals surface area contributed by atoms with Gasteiger partial charge < -0.3 is 4.90 Å². The maximum absolute atomic E-state index is 12.7. The molecule has 3 aromatic rings. The van der Waals surface area contributed by atoms with Crippen LogP contribution in [0.3, 0.4) is 0 Å². The fourth-order valence-corrected chi connectivity index (χ4v) is 3.07. The van der Waals surface area contributed by atoms with E-state index in [2.05, 4.69) is 23.0 Å². The summed E-state index contributed by atoms with van der Waals surface area (Å²) in [7, 11) is 1.85. The first-order chi connectivity index (χ1) is 12.1. The third kappa shape index (κ3) is 3.85. The van der Waals surface area contributed by atoms with Crippen molar-refractivity contribution < 1.29 is 4.79 Å². The van der Waals surface area contributed by atoms with Crippen LogP contribution in [0.25, 0.3) is 10.9 Å². The molecular formula is C21H23N3O. The van der Waals surface area contributed by atoms with Crippen molar-refractivity contribution in [2.24, 2.45) is 0 Å². The third-order valence-corrected chi connectivity index (χ3v) is 4.67. The van der Waals surface area contributed by atoms with Crippen LogP contribution in [0, 0.1) is 13.8 Å². The van der Waals surface area contributed by atoms with Gasteiger partial charge in [0.25, 0.3) is 0 Å². The molecule has 0 saturated carbocycles. The lowest BCUT2D eigenvalue weighted by molar-refractivity contribution is -0.129. The monoisotopic (exact) mass is 333 g/mol. The van der Waals surface area contributed by atoms with E-state index in [1.54, 1.807) is 11.1 Å². The van der Waals surface area contributed by atoms with Crippen LogP contribution < -0.4 is 0 Å². The van der Waals surface area contributed by atoms with Crippen LogP contribution in [0.2, 0.25) is 0 Å². The maximum atomic E-state index is 12.7. The second-order valence-corrected chi connectivity index (χ2v) is 6.38. The molecule has 0 aliphatic carbocycles. The molecule has 4 nitrogen and oxygen atoms in total. The second kappa shape index (κ2) is 7.43. The summed E-state index contributed by atoms with van der Waals surface area (Å²) in [6.45, 7) is 4.72. The van der Waals surface area contributed by atoms with Gasteiger partial charge in [-0.25, -0.2) is 0 Å². The molecule has 0 bridgehead atoms. The van der Waals surface area contributed by atoms with E-state index >= 15 is 0 Å². The zero-order chi connectivity index (χ0) is 17.8. The van der Waals surface area contributed by atoms with E-state index in [1.165, 1.54) is 0 Å². The van der Waals surface area contributed by atoms with Gasteiger partial charge >= 0.3 is 0 Å². The van der Waals surface area contributed by atoms with Crippen LogP contribution in [0.15, 0.2) is 48.7 Å². The average molecular weight is 333 g/mol. The van der Waals surface area contributed by atoms with Crippen LogP contribution in [0.4, 0.5) is 0 Å². The van der Waals surface area contributed by atoms with Crippen molar-refractivity contribution in [2.45, 2.75) is 26.7 Å². The number of aromatic nitrogens is 2. The van der Waals surface area contributed by atoms with Crippen molar-refractivity contribution in [2.75, 3.05) is 13.6 Å². The fourth-order valence-electron chi connectivity index (χ4n) is 3.07. The number of nitrogens with zero attached hydrogens (tertiary/aromatic N) is 3. The molecule has 0 N–H and O–H groups in total. The fraction of sp³-hybridized carbons (Fsp3) is 0.286. The van der Waals surface area contributed by atoms with E-state index in [-0.39, 0.29) is 5.91 Å². The smallest absolute Gasteiger partial charge is 0.226 e. The zero-order valence-electron chi connectivity index (χ0n) is 15.0. The number of fused-ring (bicyclic) bond motifs is 1. The Labute approximate surface area is 148 Å². The topological polar surface area (TPSA) is 46.1 Å². The number of hydrogen-bond acceptors (Lipinski definition) is 3. The number of aryl methyl sites for hydroxylation is 2. The van der Waals surface area contributed by atoms with E-state index in [0.717, 1.165) is 39.8 Å². The minimum Gasteiger partial charge on any atom is -0.345 e. The van der Waals surface area contributed by atoms with Crippen molar-refractivity contribution in [3.05, 3.63) is 71.2 Å². The average Bonchev–Trinajstić information content (AvgIpc) is 2.63. The van der Waals surface area contributed by atoms with Crippen LogP contribution in [-0.2, 0) is 17.6 Å². The van der Waals surface area contributed by atoms with Gasteiger partial charge in [0.15, 0.2) is 0 Å². The Morgan fingerprint density at radius 1 is 1.08 bits per heavy atom. The molecule has 2 aromatic heterocycles. The summed E-state index contributed by atoms with van der Waals surface area (Å²) in [5, 5.41) is 1.12. The number of carbonyl (C=O) groups is 1. The molecule has 0 saturated heterocycles. The van der Waals surface area contributed by atoms with Gasteiger partial charge in [0.2, 0.25) is 5.91 Å². The molecule has 0 unspecified atom stereocenters. The lowest BCUT2D eigenvalue weighted by Crippen LogP contribution is -2.30. The van der Waals surface area contributed by atoms with Crippen LogP contribution >= 0.6 is 0 Å². The summed E-state index contributed by atoms with van der Waals surface area (Å²) >= 11 is 0. The molecule has 0 aliphatic rings. The van der Waals surface area contributed by atoms with Gasteiger partial charge in [0.1, 0.15) is 0 Å². The van der Waals surface area contributed by atoms with Gasteiger partial charge in [0.05, 0.1) is 11.9 Å². The van der Waals surface area contributed by atoms with Gasteiger partial charge in [-0.05, 0) is 43.2 Å². The van der Waals surface area contributed by atoms with E-state index in [1.807, 2.05) is 50.4 Å². The van der Waals surface area contributed by atoms with Crippen LogP contribution in [0.1, 0.15) is 22.5 Å². The molecule has 0 spiro atoms. The largest absolute Gasteiger partial charge is 0.345 e. The minimum atomic E-state index is 0.110. The molecule has 128 valence electrons. The first kappa shape index (κ1) is 17.1. The standard InChI is InChI=1S/C21H23N3O/c1-15-18-9-4-5-10-20(18)23-16(2)19(15)14-21(25)24(3)13-11-17-8-6-7-12-22-17/h4-10,12H,11,13-14H2,1-3H3. The molecule has 2 heterocycles. The predicted molar refractivity (Wildman–Crippen MR) is 100 cm³/mol. The number of likely N-dealkylation sites (N-methyl/N-ethyl adjacent to an activating group) is 1. The number of pyridine rings is 2. The molecule has 3 rings (SSSR count). The molecule has 25 heavy (non-hydrogen) atoms. The Balaban J connectivity index is 1.73. The first-order valence-corrected chi connectivity index (χ1v) is 8.55. The summed E-state index contributed by atoms with van der Waals surface area (Å²) in [4.78, 5) is 23.4. The van der Waals surface area contributed by atoms with Crippen molar-refractivity contribution in [3.63, 3.8) is 0 Å². The normalized spacial score (nSPS) is 10.8. The molecule has 0 atom stereocenters. The maximum Gasteiger partial charge on any atom is 0.226 e. The molecule has 0 fully saturated rings. The number of para-hydroxylation sites is 1. The number of carbonyl (C=O) groups excluding carboxylic acids is 1. The van der Waals surface area contributed by atoms with Crippen molar-refractivity contribution >= 4 is 16.8 Å². The highest BCUT2D eigenvalue weighted by Gasteiger charge is 2.15. The first-order valence-electron chi connectivity index (χ1n) is 8.55. The SMILES string of the molecule is Cc1nc2ccccc2c(C)c1CC(=O)N(C)CCc1ccccn1. The Kier molecular flexibility index (Phi) is 5.08. The summed E-state index contributed by atoms with van der Waals surface area (Å²) in [6, 6.07) is 13.9. The molecule has 1 amide bonds. The highest BCUT2D eigenvalue weighted by molar-refractivity contribution is 5.86. The van der Waals surface area contributed by atoms with Gasteiger partial charge in [-0.1, -0.05) is 24.3 Å². The van der Waals surface area contributed by atoms with Gasteiger partial charge in [-0.2, -0.15) is 0 Å². The Morgan fingerprint density at radius 2 is 1.84 bits per heavy atom. The summed E-state index contributed by atoms with van der Waals surface area (Å²) in [5.41, 5.74) is 5.10. The highest BCUT2D eigenvalue weighted by Crippen LogP contribution is 2.23. The minimum absolute atomic E-state index is 0.110. The van der Waals surface area contributed by atoms with Crippen molar-refractivity contribution in [1.82, 2.24) is 14.9 Å². The number of amides is 1. The number of rotatable bonds is 5. The number of hydrogen-bond donors (Lipinski definition) is 0. The van der Waals surface area contributed by atoms with E-state index in [4.69, 9.17) is 0 Å². The van der Waals surface area contributed by atoms with Crippen molar-refractivity contribution in [1.29, 1.82) is 0 Å². The lowest BCUT2D eigenvalue weighted by atomic mass is 9.99. The molecule has 4 heteroatoms. The highest BCUT2D eigenvalue weighted by atomic mass is 16.2. The summed E-state index contributed by atoms with van der Waals surface area (Å²) in [6.07, 6.45) is 2.93. The second-order valence-electron chi connectivity index (χ2n) is 6.38. The van der Waals surface area contributed by atoms with Gasteiger partial charge in [0, 0.05) is 43.0 Å². The van der Waals surface area contributed by atoms with Gasteiger partial charge in [-0.15, -0.1) is 0 Å². The Bertz CT molecular complexity index is 890. The quantitative estimate of drug-likeness (QED) is 0.718. The van der Waals surface area contributed by atoms with E-state index < -0.39 is 0 Å². The molecular weight excluding hydrogens is 310 g/mol. The molecule has 0 aliphatic heterocycles. The van der Waals surface area contributed by atoms with E-state index in [9.17, 15) is 4.79 Å². The van der Waals surface area contributed by atoms with E-state index in [0.29, 0.717) is 13.0 Å². The summed E-state index contributed by atoms with van der Waals surface area (Å²) in [5.74, 6) is 0.110. The zero-order valence-corrected chi connectivity index (χ0v) is 15.0. The molecule has 1 aromatic carbocycles. The van der Waals surface area contributed by atoms with Gasteiger partial charge in [-0.3, -0.25) is 14.8 Å². The van der Waals surface area contributed by atoms with Crippen molar-refractivity contribution in [3.8, 4) is 0 Å². The lowest BCUT2D eigenvalue weighted by Gasteiger charge is -2.19. The summed E-state index contributed by atoms with van der Waals surface area (Å²) < 4.78 is 0. The Morgan fingerprint density at radius 3 is 2.60 bits per heavy atom. The van der Waals surface area contributed by atoms with Crippen LogP contribution in [0.5, 0.6) is 0 Å². The number of benzene rings is 1. The third-order valence-electron chi connectivity index (χ3n) is 4.67. The predicted octanol–water partition coefficient (Wildman–Crippen LogP) is 3.49.